The summed E-state index contributed by atoms with van der Waals surface area (Å²) in [5.41, 5.74) is 0.906. The van der Waals surface area contributed by atoms with E-state index in [0.29, 0.717) is 11.5 Å². The summed E-state index contributed by atoms with van der Waals surface area (Å²) in [6.07, 6.45) is 0. The molecule has 0 bridgehead atoms. The van der Waals surface area contributed by atoms with Crippen LogP contribution in [0.15, 0.2) is 34.7 Å². The number of hydrogen-bond donors (Lipinski definition) is 1. The Balaban J connectivity index is 2.00. The van der Waals surface area contributed by atoms with Gasteiger partial charge >= 0.3 is 0 Å². The van der Waals surface area contributed by atoms with Crippen molar-refractivity contribution in [3.8, 4) is 22.8 Å². The molecule has 0 atom stereocenters. The molecular weight excluding hydrogens is 208 g/mol. The zero-order valence-corrected chi connectivity index (χ0v) is 8.47. The number of ether oxygens (including phenoxy) is 2. The molecule has 16 heavy (non-hydrogen) atoms. The molecule has 0 unspecified atom stereocenters. The highest BCUT2D eigenvalue weighted by Crippen LogP contribution is 2.36. The summed E-state index contributed by atoms with van der Waals surface area (Å²) < 4.78 is 15.9. The van der Waals surface area contributed by atoms with Crippen molar-refractivity contribution >= 4 is 0 Å². The fourth-order valence-electron chi connectivity index (χ4n) is 1.67. The Morgan fingerprint density at radius 3 is 2.75 bits per heavy atom. The largest absolute Gasteiger partial charge is 0.459 e. The summed E-state index contributed by atoms with van der Waals surface area (Å²) in [5, 5.41) is 8.91. The minimum atomic E-state index is -0.0927. The van der Waals surface area contributed by atoms with Crippen LogP contribution in [0.3, 0.4) is 0 Å². The molecular formula is C12H10O4. The third-order valence-electron chi connectivity index (χ3n) is 2.47. The highest BCUT2D eigenvalue weighted by molar-refractivity contribution is 5.63. The predicted molar refractivity (Wildman–Crippen MR) is 56.2 cm³/mol. The van der Waals surface area contributed by atoms with Crippen LogP contribution in [0, 0.1) is 0 Å². The Hall–Kier alpha value is -1.94. The van der Waals surface area contributed by atoms with Gasteiger partial charge in [0.25, 0.3) is 0 Å². The Labute approximate surface area is 92.0 Å². The fourth-order valence-corrected chi connectivity index (χ4v) is 1.67. The van der Waals surface area contributed by atoms with Crippen LogP contribution in [-0.4, -0.2) is 11.9 Å². The quantitative estimate of drug-likeness (QED) is 0.839. The maximum atomic E-state index is 8.91. The van der Waals surface area contributed by atoms with E-state index in [1.807, 2.05) is 24.3 Å². The van der Waals surface area contributed by atoms with E-state index in [4.69, 9.17) is 19.0 Å². The molecule has 4 nitrogen and oxygen atoms in total. The van der Waals surface area contributed by atoms with Gasteiger partial charge in [0.1, 0.15) is 18.1 Å². The topological polar surface area (TPSA) is 51.8 Å². The molecule has 1 aliphatic heterocycles. The maximum Gasteiger partial charge on any atom is 0.231 e. The summed E-state index contributed by atoms with van der Waals surface area (Å²) in [6.45, 7) is 0.170. The number of aliphatic hydroxyl groups is 1. The highest BCUT2D eigenvalue weighted by atomic mass is 16.7. The van der Waals surface area contributed by atoms with Crippen LogP contribution in [0.25, 0.3) is 11.3 Å². The number of fused-ring (bicyclic) bond motifs is 1. The zero-order valence-electron chi connectivity index (χ0n) is 8.47. The smallest absolute Gasteiger partial charge is 0.231 e. The van der Waals surface area contributed by atoms with Gasteiger partial charge in [-0.05, 0) is 30.3 Å². The number of aliphatic hydroxyl groups excluding tert-OH is 1. The van der Waals surface area contributed by atoms with Gasteiger partial charge in [0.05, 0.1) is 0 Å². The van der Waals surface area contributed by atoms with Crippen molar-refractivity contribution in [2.24, 2.45) is 0 Å². The number of rotatable bonds is 2. The van der Waals surface area contributed by atoms with Crippen molar-refractivity contribution in [3.05, 3.63) is 36.1 Å². The molecule has 0 saturated carbocycles. The van der Waals surface area contributed by atoms with E-state index in [-0.39, 0.29) is 13.4 Å². The van der Waals surface area contributed by atoms with Gasteiger partial charge in [0.2, 0.25) is 6.79 Å². The maximum absolute atomic E-state index is 8.91. The SMILES string of the molecule is OCc1ccc(-c2ccc3c(c2)OCO3)o1. The molecule has 3 rings (SSSR count). The minimum absolute atomic E-state index is 0.0927. The molecule has 0 aliphatic carbocycles. The second-order valence-electron chi connectivity index (χ2n) is 3.49. The zero-order chi connectivity index (χ0) is 11.0. The molecule has 82 valence electrons. The van der Waals surface area contributed by atoms with E-state index in [9.17, 15) is 0 Å². The highest BCUT2D eigenvalue weighted by Gasteiger charge is 2.14. The van der Waals surface area contributed by atoms with Crippen molar-refractivity contribution in [1.82, 2.24) is 0 Å². The van der Waals surface area contributed by atoms with Gasteiger partial charge in [-0.25, -0.2) is 0 Å². The lowest BCUT2D eigenvalue weighted by atomic mass is 10.1. The van der Waals surface area contributed by atoms with Crippen LogP contribution >= 0.6 is 0 Å². The molecule has 1 N–H and O–H groups in total. The molecule has 4 heteroatoms. The molecule has 0 saturated heterocycles. The first-order chi connectivity index (χ1) is 7.86. The van der Waals surface area contributed by atoms with Gasteiger partial charge in [-0.3, -0.25) is 0 Å². The number of furan rings is 1. The Morgan fingerprint density at radius 2 is 1.94 bits per heavy atom. The van der Waals surface area contributed by atoms with E-state index in [1.54, 1.807) is 6.07 Å². The Morgan fingerprint density at radius 1 is 1.06 bits per heavy atom. The molecule has 1 aromatic carbocycles. The molecule has 2 heterocycles. The van der Waals surface area contributed by atoms with Crippen molar-refractivity contribution in [3.63, 3.8) is 0 Å². The molecule has 1 aliphatic rings. The van der Waals surface area contributed by atoms with E-state index in [1.165, 1.54) is 0 Å². The first-order valence-electron chi connectivity index (χ1n) is 4.96. The van der Waals surface area contributed by atoms with Crippen LogP contribution in [0.1, 0.15) is 5.76 Å². The summed E-state index contributed by atoms with van der Waals surface area (Å²) in [4.78, 5) is 0. The molecule has 0 amide bonds. The van der Waals surface area contributed by atoms with Crippen molar-refractivity contribution < 1.29 is 19.0 Å². The standard InChI is InChI=1S/C12H10O4/c13-6-9-2-4-10(16-9)8-1-3-11-12(5-8)15-7-14-11/h1-5,13H,6-7H2. The van der Waals surface area contributed by atoms with Crippen LogP contribution in [0.4, 0.5) is 0 Å². The lowest BCUT2D eigenvalue weighted by Gasteiger charge is -1.99. The first kappa shape index (κ1) is 9.30. The molecule has 1 aromatic heterocycles. The first-order valence-corrected chi connectivity index (χ1v) is 4.96. The fraction of sp³-hybridized carbons (Fsp3) is 0.167. The van der Waals surface area contributed by atoms with E-state index in [2.05, 4.69) is 0 Å². The molecule has 0 radical (unpaired) electrons. The minimum Gasteiger partial charge on any atom is -0.459 e. The van der Waals surface area contributed by atoms with Crippen molar-refractivity contribution in [2.75, 3.05) is 6.79 Å². The van der Waals surface area contributed by atoms with Crippen LogP contribution in [0.2, 0.25) is 0 Å². The van der Waals surface area contributed by atoms with Gasteiger partial charge in [-0.2, -0.15) is 0 Å². The van der Waals surface area contributed by atoms with E-state index in [0.717, 1.165) is 17.1 Å². The number of benzene rings is 1. The second kappa shape index (κ2) is 3.57. The Bertz CT molecular complexity index is 515. The summed E-state index contributed by atoms with van der Waals surface area (Å²) in [5.74, 6) is 2.73. The summed E-state index contributed by atoms with van der Waals surface area (Å²) in [7, 11) is 0. The van der Waals surface area contributed by atoms with Gasteiger partial charge in [0.15, 0.2) is 11.5 Å². The van der Waals surface area contributed by atoms with E-state index >= 15 is 0 Å². The molecule has 2 aromatic rings. The van der Waals surface area contributed by atoms with Gasteiger partial charge in [0, 0.05) is 5.56 Å². The average Bonchev–Trinajstić information content (AvgIpc) is 2.96. The van der Waals surface area contributed by atoms with Gasteiger partial charge < -0.3 is 19.0 Å². The van der Waals surface area contributed by atoms with Crippen LogP contribution < -0.4 is 9.47 Å². The average molecular weight is 218 g/mol. The Kier molecular flexibility index (Phi) is 2.08. The summed E-state index contributed by atoms with van der Waals surface area (Å²) in [6, 6.07) is 9.18. The van der Waals surface area contributed by atoms with Crippen LogP contribution in [0.5, 0.6) is 11.5 Å². The molecule has 0 fully saturated rings. The second-order valence-corrected chi connectivity index (χ2v) is 3.49. The normalized spacial score (nSPS) is 13.1. The van der Waals surface area contributed by atoms with Gasteiger partial charge in [-0.15, -0.1) is 0 Å². The van der Waals surface area contributed by atoms with Gasteiger partial charge in [-0.1, -0.05) is 0 Å². The third-order valence-corrected chi connectivity index (χ3v) is 2.47. The predicted octanol–water partition coefficient (Wildman–Crippen LogP) is 2.17. The monoisotopic (exact) mass is 218 g/mol. The van der Waals surface area contributed by atoms with E-state index < -0.39 is 0 Å². The van der Waals surface area contributed by atoms with Crippen molar-refractivity contribution in [2.45, 2.75) is 6.61 Å². The number of hydrogen-bond acceptors (Lipinski definition) is 4. The summed E-state index contributed by atoms with van der Waals surface area (Å²) >= 11 is 0. The van der Waals surface area contributed by atoms with Crippen molar-refractivity contribution in [1.29, 1.82) is 0 Å². The third kappa shape index (κ3) is 1.44. The lowest BCUT2D eigenvalue weighted by Crippen LogP contribution is -1.92. The van der Waals surface area contributed by atoms with Crippen LogP contribution in [-0.2, 0) is 6.61 Å². The molecule has 0 spiro atoms. The lowest BCUT2D eigenvalue weighted by molar-refractivity contribution is 0.174.